The van der Waals surface area contributed by atoms with Crippen molar-refractivity contribution < 1.29 is 0 Å². The van der Waals surface area contributed by atoms with Gasteiger partial charge in [0.25, 0.3) is 0 Å². The lowest BCUT2D eigenvalue weighted by molar-refractivity contribution is 0.0306. The molecule has 0 heterocycles. The van der Waals surface area contributed by atoms with Crippen LogP contribution in [0, 0.1) is 0 Å². The van der Waals surface area contributed by atoms with E-state index < -0.39 is 0 Å². The fraction of sp³-hybridized carbons (Fsp3) is 1.00. The molecule has 0 aliphatic heterocycles. The van der Waals surface area contributed by atoms with Crippen LogP contribution in [0.5, 0.6) is 0 Å². The summed E-state index contributed by atoms with van der Waals surface area (Å²) in [6.45, 7) is 2.85. The average Bonchev–Trinajstić information content (AvgIpc) is 1.65. The number of rotatable bonds is 2. The van der Waals surface area contributed by atoms with Crippen LogP contribution in [0.2, 0.25) is 0 Å². The van der Waals surface area contributed by atoms with Crippen molar-refractivity contribution in [1.29, 1.82) is 0 Å². The van der Waals surface area contributed by atoms with Crippen molar-refractivity contribution in [3.8, 4) is 0 Å². The quantitative estimate of drug-likeness (QED) is 0.383. The first-order chi connectivity index (χ1) is 3.18. The summed E-state index contributed by atoms with van der Waals surface area (Å²) >= 11 is 0. The van der Waals surface area contributed by atoms with Gasteiger partial charge in [0.2, 0.25) is 0 Å². The van der Waals surface area contributed by atoms with Gasteiger partial charge in [0.15, 0.2) is 0 Å². The van der Waals surface area contributed by atoms with E-state index in [2.05, 4.69) is 0 Å². The fourth-order valence-electron chi connectivity index (χ4n) is 0.283. The van der Waals surface area contributed by atoms with E-state index in [0.717, 1.165) is 6.54 Å². The maximum absolute atomic E-state index is 5.38. The molecule has 0 spiro atoms. The zero-order chi connectivity index (χ0) is 5.86. The van der Waals surface area contributed by atoms with Gasteiger partial charge in [0, 0.05) is 20.6 Å². The summed E-state index contributed by atoms with van der Waals surface area (Å²) in [4.78, 5) is 0. The zero-order valence-corrected chi connectivity index (χ0v) is 5.18. The Morgan fingerprint density at radius 2 is 1.86 bits per heavy atom. The molecular formula is C4H13N3. The highest BCUT2D eigenvalue weighted by molar-refractivity contribution is 4.28. The summed E-state index contributed by atoms with van der Waals surface area (Å²) in [6, 6.07) is 0. The Morgan fingerprint density at radius 1 is 1.43 bits per heavy atom. The Balaban J connectivity index is 3.14. The normalized spacial score (nSPS) is 11.1. The van der Waals surface area contributed by atoms with Crippen molar-refractivity contribution in [2.75, 3.05) is 20.6 Å². The molecule has 44 valence electrons. The molecule has 0 radical (unpaired) electrons. The van der Waals surface area contributed by atoms with Crippen molar-refractivity contribution in [1.82, 2.24) is 10.1 Å². The van der Waals surface area contributed by atoms with Crippen molar-refractivity contribution in [3.63, 3.8) is 0 Å². The molecule has 0 rings (SSSR count). The molecule has 0 atom stereocenters. The van der Waals surface area contributed by atoms with Gasteiger partial charge in [-0.05, 0) is 6.92 Å². The first-order valence-electron chi connectivity index (χ1n) is 2.38. The van der Waals surface area contributed by atoms with Crippen LogP contribution in [0.3, 0.4) is 0 Å². The summed E-state index contributed by atoms with van der Waals surface area (Å²) in [7, 11) is 3.81. The topological polar surface area (TPSA) is 32.5 Å². The molecular weight excluding hydrogens is 90.1 g/mol. The molecule has 3 nitrogen and oxygen atoms in total. The van der Waals surface area contributed by atoms with Gasteiger partial charge in [0.05, 0.1) is 0 Å². The molecule has 0 saturated heterocycles. The fourth-order valence-corrected chi connectivity index (χ4v) is 0.283. The van der Waals surface area contributed by atoms with Crippen LogP contribution in [-0.2, 0) is 0 Å². The predicted octanol–water partition coefficient (Wildman–Crippen LogP) is -0.341. The third-order valence-electron chi connectivity index (χ3n) is 0.838. The van der Waals surface area contributed by atoms with Crippen molar-refractivity contribution in [3.05, 3.63) is 0 Å². The summed E-state index contributed by atoms with van der Waals surface area (Å²) in [5.74, 6) is 5.38. The zero-order valence-electron chi connectivity index (χ0n) is 5.18. The Morgan fingerprint density at radius 3 is 1.86 bits per heavy atom. The van der Waals surface area contributed by atoms with E-state index in [9.17, 15) is 0 Å². The lowest BCUT2D eigenvalue weighted by Crippen LogP contribution is -2.42. The minimum Gasteiger partial charge on any atom is -0.255 e. The van der Waals surface area contributed by atoms with Crippen LogP contribution in [0.15, 0.2) is 0 Å². The lowest BCUT2D eigenvalue weighted by Gasteiger charge is -2.20. The first kappa shape index (κ1) is 6.88. The molecule has 7 heavy (non-hydrogen) atoms. The Kier molecular flexibility index (Phi) is 2.91. The Bertz CT molecular complexity index is 44.2. The molecule has 0 aromatic carbocycles. The molecule has 0 saturated carbocycles. The maximum atomic E-state index is 5.38. The highest BCUT2D eigenvalue weighted by atomic mass is 15.7. The molecule has 0 aliphatic carbocycles. The summed E-state index contributed by atoms with van der Waals surface area (Å²) in [5.41, 5.74) is 0. The third kappa shape index (κ3) is 2.56. The third-order valence-corrected chi connectivity index (χ3v) is 0.838. The van der Waals surface area contributed by atoms with Gasteiger partial charge >= 0.3 is 0 Å². The van der Waals surface area contributed by atoms with Crippen molar-refractivity contribution in [2.24, 2.45) is 5.84 Å². The molecule has 2 N–H and O–H groups in total. The number of nitrogens with zero attached hydrogens (tertiary/aromatic N) is 2. The molecule has 0 unspecified atom stereocenters. The van der Waals surface area contributed by atoms with Crippen LogP contribution in [0.25, 0.3) is 0 Å². The van der Waals surface area contributed by atoms with Gasteiger partial charge in [-0.2, -0.15) is 5.12 Å². The van der Waals surface area contributed by atoms with Crippen LogP contribution in [0.1, 0.15) is 6.92 Å². The summed E-state index contributed by atoms with van der Waals surface area (Å²) < 4.78 is 0. The van der Waals surface area contributed by atoms with Gasteiger partial charge in [-0.1, -0.05) is 0 Å². The Hall–Kier alpha value is -0.120. The number of hydrazine groups is 2. The second-order valence-electron chi connectivity index (χ2n) is 1.60. The van der Waals surface area contributed by atoms with E-state index in [-0.39, 0.29) is 0 Å². The molecule has 0 fully saturated rings. The highest BCUT2D eigenvalue weighted by Crippen LogP contribution is 1.75. The minimum atomic E-state index is 0.854. The molecule has 0 amide bonds. The van der Waals surface area contributed by atoms with Crippen molar-refractivity contribution in [2.45, 2.75) is 6.92 Å². The van der Waals surface area contributed by atoms with Gasteiger partial charge in [-0.15, -0.1) is 0 Å². The smallest absolute Gasteiger partial charge is 0.0259 e. The van der Waals surface area contributed by atoms with Crippen LogP contribution in [-0.4, -0.2) is 30.8 Å². The van der Waals surface area contributed by atoms with Gasteiger partial charge in [-0.25, -0.2) is 5.01 Å². The summed E-state index contributed by atoms with van der Waals surface area (Å²) in [6.07, 6.45) is 0. The largest absolute Gasteiger partial charge is 0.255 e. The molecule has 3 heteroatoms. The number of hydrogen-bond donors (Lipinski definition) is 1. The lowest BCUT2D eigenvalue weighted by atomic mass is 10.8. The molecule has 0 aromatic rings. The van der Waals surface area contributed by atoms with Gasteiger partial charge < -0.3 is 0 Å². The van der Waals surface area contributed by atoms with E-state index >= 15 is 0 Å². The van der Waals surface area contributed by atoms with E-state index in [1.165, 1.54) is 0 Å². The second-order valence-corrected chi connectivity index (χ2v) is 1.60. The Labute approximate surface area is 44.6 Å². The SMILES string of the molecule is CCN(N)N(C)C. The minimum absolute atomic E-state index is 0.854. The molecule has 0 aromatic heterocycles. The van der Waals surface area contributed by atoms with E-state index in [1.807, 2.05) is 26.0 Å². The predicted molar refractivity (Wildman–Crippen MR) is 30.3 cm³/mol. The van der Waals surface area contributed by atoms with E-state index in [0.29, 0.717) is 0 Å². The highest BCUT2D eigenvalue weighted by Gasteiger charge is 1.92. The van der Waals surface area contributed by atoms with Crippen LogP contribution in [0.4, 0.5) is 0 Å². The van der Waals surface area contributed by atoms with Crippen molar-refractivity contribution >= 4 is 0 Å². The summed E-state index contributed by atoms with van der Waals surface area (Å²) in [5, 5.41) is 3.46. The van der Waals surface area contributed by atoms with E-state index in [1.54, 1.807) is 5.12 Å². The standard InChI is InChI=1S/C4H13N3/c1-4-7(5)6(2)3/h4-5H2,1-3H3. The first-order valence-corrected chi connectivity index (χ1v) is 2.38. The second kappa shape index (κ2) is 2.96. The van der Waals surface area contributed by atoms with Gasteiger partial charge in [-0.3, -0.25) is 5.84 Å². The molecule has 0 bridgehead atoms. The maximum Gasteiger partial charge on any atom is 0.0259 e. The van der Waals surface area contributed by atoms with Crippen LogP contribution < -0.4 is 5.84 Å². The molecule has 0 aliphatic rings. The van der Waals surface area contributed by atoms with Gasteiger partial charge in [0.1, 0.15) is 0 Å². The number of hydrogen-bond acceptors (Lipinski definition) is 3. The average molecular weight is 103 g/mol. The number of nitrogens with two attached hydrogens (primary N) is 1. The van der Waals surface area contributed by atoms with Crippen LogP contribution >= 0.6 is 0 Å². The monoisotopic (exact) mass is 103 g/mol. The van der Waals surface area contributed by atoms with E-state index in [4.69, 9.17) is 5.84 Å².